The lowest BCUT2D eigenvalue weighted by Gasteiger charge is -2.05. The number of hydrogen-bond acceptors (Lipinski definition) is 2. The Morgan fingerprint density at radius 1 is 1.38 bits per heavy atom. The van der Waals surface area contributed by atoms with Gasteiger partial charge in [0, 0.05) is 0 Å². The van der Waals surface area contributed by atoms with Crippen LogP contribution in [0.1, 0.15) is 0 Å². The Kier molecular flexibility index (Phi) is 2.79. The molecule has 1 amide bonds. The van der Waals surface area contributed by atoms with Gasteiger partial charge in [0.25, 0.3) is 0 Å². The Labute approximate surface area is 73.5 Å². The molecule has 0 bridgehead atoms. The van der Waals surface area contributed by atoms with E-state index >= 15 is 0 Å². The topological polar surface area (TPSA) is 55.1 Å². The Hall–Kier alpha value is -1.65. The van der Waals surface area contributed by atoms with Crippen LogP contribution >= 0.6 is 0 Å². The van der Waals surface area contributed by atoms with E-state index in [0.717, 1.165) is 12.1 Å². The molecule has 0 heterocycles. The van der Waals surface area contributed by atoms with Crippen molar-refractivity contribution in [3.05, 3.63) is 29.8 Å². The number of para-hydroxylation sites is 1. The van der Waals surface area contributed by atoms with Gasteiger partial charge in [0.1, 0.15) is 17.3 Å². The van der Waals surface area contributed by atoms with Crippen LogP contribution < -0.4 is 11.1 Å². The third-order valence-corrected chi connectivity index (χ3v) is 1.40. The second-order valence-electron chi connectivity index (χ2n) is 2.42. The maximum Gasteiger partial charge on any atom is 0.236 e. The van der Waals surface area contributed by atoms with Crippen molar-refractivity contribution in [2.24, 2.45) is 5.73 Å². The Bertz CT molecular complexity index is 308. The average molecular weight is 186 g/mol. The number of primary amides is 1. The van der Waals surface area contributed by atoms with Gasteiger partial charge >= 0.3 is 0 Å². The van der Waals surface area contributed by atoms with E-state index in [1.54, 1.807) is 0 Å². The summed E-state index contributed by atoms with van der Waals surface area (Å²) in [6.07, 6.45) is 0. The van der Waals surface area contributed by atoms with Crippen molar-refractivity contribution in [2.75, 3.05) is 11.9 Å². The fourth-order valence-corrected chi connectivity index (χ4v) is 0.842. The van der Waals surface area contributed by atoms with Crippen molar-refractivity contribution >= 4 is 11.6 Å². The van der Waals surface area contributed by atoms with Crippen molar-refractivity contribution in [1.82, 2.24) is 0 Å². The first-order valence-electron chi connectivity index (χ1n) is 3.57. The van der Waals surface area contributed by atoms with E-state index in [1.165, 1.54) is 6.07 Å². The van der Waals surface area contributed by atoms with Gasteiger partial charge in [0.15, 0.2) is 0 Å². The average Bonchev–Trinajstić information content (AvgIpc) is 2.03. The Morgan fingerprint density at radius 2 is 1.92 bits per heavy atom. The van der Waals surface area contributed by atoms with Crippen LogP contribution in [0.15, 0.2) is 18.2 Å². The third-order valence-electron chi connectivity index (χ3n) is 1.40. The van der Waals surface area contributed by atoms with Gasteiger partial charge in [-0.05, 0) is 12.1 Å². The molecule has 0 spiro atoms. The predicted octanol–water partition coefficient (Wildman–Crippen LogP) is 0.862. The molecule has 3 N–H and O–H groups in total. The molecule has 3 nitrogen and oxygen atoms in total. The fraction of sp³-hybridized carbons (Fsp3) is 0.125. The quantitative estimate of drug-likeness (QED) is 0.735. The van der Waals surface area contributed by atoms with Gasteiger partial charge in [0.05, 0.1) is 6.54 Å². The molecule has 0 aliphatic heterocycles. The molecule has 13 heavy (non-hydrogen) atoms. The maximum absolute atomic E-state index is 12.8. The van der Waals surface area contributed by atoms with Gasteiger partial charge in [-0.15, -0.1) is 0 Å². The molecule has 0 atom stereocenters. The first-order valence-corrected chi connectivity index (χ1v) is 3.57. The highest BCUT2D eigenvalue weighted by atomic mass is 19.1. The number of carbonyl (C=O) groups is 1. The molecule has 0 aliphatic carbocycles. The minimum atomic E-state index is -0.749. The summed E-state index contributed by atoms with van der Waals surface area (Å²) in [6.45, 7) is -0.294. The normalized spacial score (nSPS) is 9.69. The zero-order chi connectivity index (χ0) is 9.84. The summed E-state index contributed by atoms with van der Waals surface area (Å²) in [7, 11) is 0. The van der Waals surface area contributed by atoms with Gasteiger partial charge in [0.2, 0.25) is 5.91 Å². The smallest absolute Gasteiger partial charge is 0.236 e. The number of anilines is 1. The van der Waals surface area contributed by atoms with Crippen LogP contribution in [0.3, 0.4) is 0 Å². The van der Waals surface area contributed by atoms with Gasteiger partial charge in [-0.1, -0.05) is 6.07 Å². The summed E-state index contributed by atoms with van der Waals surface area (Å²) in [5.74, 6) is -2.18. The Morgan fingerprint density at radius 3 is 2.38 bits per heavy atom. The molecule has 0 aromatic heterocycles. The number of benzene rings is 1. The SMILES string of the molecule is NC(=O)CNc1c(F)cccc1F. The lowest BCUT2D eigenvalue weighted by atomic mass is 10.3. The second kappa shape index (κ2) is 3.84. The number of nitrogens with one attached hydrogen (secondary N) is 1. The highest BCUT2D eigenvalue weighted by molar-refractivity contribution is 5.78. The minimum absolute atomic E-state index is 0.294. The predicted molar refractivity (Wildman–Crippen MR) is 44.0 cm³/mol. The molecule has 0 unspecified atom stereocenters. The van der Waals surface area contributed by atoms with Gasteiger partial charge in [-0.3, -0.25) is 4.79 Å². The zero-order valence-electron chi connectivity index (χ0n) is 6.68. The molecular formula is C8H8F2N2O. The summed E-state index contributed by atoms with van der Waals surface area (Å²) in [5, 5.41) is 2.26. The largest absolute Gasteiger partial charge is 0.371 e. The first-order chi connectivity index (χ1) is 6.11. The molecule has 0 saturated carbocycles. The molecule has 0 fully saturated rings. The number of nitrogens with two attached hydrogens (primary N) is 1. The number of rotatable bonds is 3. The van der Waals surface area contributed by atoms with Crippen LogP contribution in [-0.2, 0) is 4.79 Å². The molecule has 5 heteroatoms. The molecule has 1 rings (SSSR count). The van der Waals surface area contributed by atoms with Gasteiger partial charge < -0.3 is 11.1 Å². The maximum atomic E-state index is 12.8. The van der Waals surface area contributed by atoms with E-state index in [0.29, 0.717) is 0 Å². The lowest BCUT2D eigenvalue weighted by Crippen LogP contribution is -2.22. The van der Waals surface area contributed by atoms with E-state index in [4.69, 9.17) is 5.73 Å². The zero-order valence-corrected chi connectivity index (χ0v) is 6.68. The van der Waals surface area contributed by atoms with Gasteiger partial charge in [-0.2, -0.15) is 0 Å². The van der Waals surface area contributed by atoms with Crippen molar-refractivity contribution in [1.29, 1.82) is 0 Å². The lowest BCUT2D eigenvalue weighted by molar-refractivity contribution is -0.116. The molecular weight excluding hydrogens is 178 g/mol. The van der Waals surface area contributed by atoms with Crippen molar-refractivity contribution < 1.29 is 13.6 Å². The van der Waals surface area contributed by atoms with Crippen LogP contribution in [0.25, 0.3) is 0 Å². The second-order valence-corrected chi connectivity index (χ2v) is 2.42. The van der Waals surface area contributed by atoms with Crippen LogP contribution in [0.2, 0.25) is 0 Å². The van der Waals surface area contributed by atoms with Crippen LogP contribution in [0, 0.1) is 11.6 Å². The fourth-order valence-electron chi connectivity index (χ4n) is 0.842. The van der Waals surface area contributed by atoms with E-state index in [-0.39, 0.29) is 12.2 Å². The molecule has 0 aliphatic rings. The van der Waals surface area contributed by atoms with E-state index in [1.807, 2.05) is 0 Å². The summed E-state index contributed by atoms with van der Waals surface area (Å²) < 4.78 is 25.7. The molecule has 70 valence electrons. The van der Waals surface area contributed by atoms with Crippen molar-refractivity contribution in [2.45, 2.75) is 0 Å². The highest BCUT2D eigenvalue weighted by Gasteiger charge is 2.07. The number of amides is 1. The van der Waals surface area contributed by atoms with Crippen LogP contribution in [0.5, 0.6) is 0 Å². The standard InChI is InChI=1S/C8H8F2N2O/c9-5-2-1-3-6(10)8(5)12-4-7(11)13/h1-3,12H,4H2,(H2,11,13). The number of hydrogen-bond donors (Lipinski definition) is 2. The third kappa shape index (κ3) is 2.40. The molecule has 1 aromatic rings. The summed E-state index contributed by atoms with van der Waals surface area (Å²) >= 11 is 0. The highest BCUT2D eigenvalue weighted by Crippen LogP contribution is 2.17. The number of halogens is 2. The van der Waals surface area contributed by atoms with Gasteiger partial charge in [-0.25, -0.2) is 8.78 Å². The van der Waals surface area contributed by atoms with Crippen molar-refractivity contribution in [3.8, 4) is 0 Å². The molecule has 1 aromatic carbocycles. The summed E-state index contributed by atoms with van der Waals surface area (Å²) in [6, 6.07) is 3.42. The van der Waals surface area contributed by atoms with Crippen LogP contribution in [0.4, 0.5) is 14.5 Å². The molecule has 0 saturated heterocycles. The summed E-state index contributed by atoms with van der Waals surface area (Å²) in [4.78, 5) is 10.3. The van der Waals surface area contributed by atoms with Crippen molar-refractivity contribution in [3.63, 3.8) is 0 Å². The number of carbonyl (C=O) groups excluding carboxylic acids is 1. The van der Waals surface area contributed by atoms with E-state index < -0.39 is 17.5 Å². The monoisotopic (exact) mass is 186 g/mol. The summed E-state index contributed by atoms with van der Waals surface area (Å²) in [5.41, 5.74) is 4.46. The van der Waals surface area contributed by atoms with Crippen LogP contribution in [-0.4, -0.2) is 12.5 Å². The van der Waals surface area contributed by atoms with E-state index in [9.17, 15) is 13.6 Å². The Balaban J connectivity index is 2.81. The molecule has 0 radical (unpaired) electrons. The minimum Gasteiger partial charge on any atom is -0.371 e. The first kappa shape index (κ1) is 9.44. The van der Waals surface area contributed by atoms with E-state index in [2.05, 4.69) is 5.32 Å².